The lowest BCUT2D eigenvalue weighted by atomic mass is 9.91. The second-order valence-corrected chi connectivity index (χ2v) is 24.2. The van der Waals surface area contributed by atoms with Gasteiger partial charge >= 0.3 is 0 Å². The van der Waals surface area contributed by atoms with E-state index in [0.29, 0.717) is 0 Å². The maximum absolute atomic E-state index is 5.00. The molecule has 0 amide bonds. The molecule has 0 saturated heterocycles. The van der Waals surface area contributed by atoms with Crippen molar-refractivity contribution in [3.8, 4) is 112 Å². The minimum absolute atomic E-state index is 0.830. The SMILES string of the molecule is c1cc(-c2cccc(-c3ccc4c5ccccc5c5ccccc5c4c3)c2)cc(-c2cc(-c3cccnc3)nc(-c3cccnc3)c2)c1.c1ccc(-c2cc(-c3cccc(-c4cccc(-c5ccc6c7ccccc7c7ccccc7c6c5)c4)c3)cc(-c3cccnc3)n2)nc1. The fourth-order valence-electron chi connectivity index (χ4n) is 13.7. The number of hydrogen-bond donors (Lipinski definition) is 0. The maximum Gasteiger partial charge on any atom is 0.0899 e. The average Bonchev–Trinajstić information content (AvgIpc) is 0.760. The number of rotatable bonds is 10. The summed E-state index contributed by atoms with van der Waals surface area (Å²) in [6.45, 7) is 0. The molecule has 0 bridgehead atoms. The molecule has 6 heteroatoms. The molecule has 6 heterocycles. The molecule has 0 radical (unpaired) electrons. The van der Waals surface area contributed by atoms with Crippen molar-refractivity contribution in [2.45, 2.75) is 0 Å². The molecule has 0 aliphatic heterocycles. The molecule has 0 fully saturated rings. The van der Waals surface area contributed by atoms with E-state index in [1.807, 2.05) is 73.2 Å². The molecule has 18 rings (SSSR count). The third kappa shape index (κ3) is 11.0. The maximum atomic E-state index is 5.00. The lowest BCUT2D eigenvalue weighted by molar-refractivity contribution is 1.24. The number of aromatic nitrogens is 6. The molecule has 96 heavy (non-hydrogen) atoms. The van der Waals surface area contributed by atoms with E-state index in [1.54, 1.807) is 24.8 Å². The Balaban J connectivity index is 0.000000145. The van der Waals surface area contributed by atoms with Crippen molar-refractivity contribution in [2.24, 2.45) is 0 Å². The summed E-state index contributed by atoms with van der Waals surface area (Å²) in [5.74, 6) is 0. The van der Waals surface area contributed by atoms with Crippen LogP contribution in [-0.4, -0.2) is 29.9 Å². The predicted octanol–water partition coefficient (Wildman–Crippen LogP) is 23.3. The average molecular weight is 1220 g/mol. The molecular weight excluding hydrogens is 1170 g/mol. The van der Waals surface area contributed by atoms with Crippen molar-refractivity contribution in [1.82, 2.24) is 29.9 Å². The van der Waals surface area contributed by atoms with Crippen molar-refractivity contribution in [3.63, 3.8) is 0 Å². The lowest BCUT2D eigenvalue weighted by Gasteiger charge is -2.13. The van der Waals surface area contributed by atoms with Crippen LogP contribution >= 0.6 is 0 Å². The summed E-state index contributed by atoms with van der Waals surface area (Å²) >= 11 is 0. The molecule has 0 aliphatic rings. The van der Waals surface area contributed by atoms with E-state index in [-0.39, 0.29) is 0 Å². The first kappa shape index (κ1) is 57.0. The van der Waals surface area contributed by atoms with Crippen LogP contribution in [0.4, 0.5) is 0 Å². The van der Waals surface area contributed by atoms with E-state index in [0.717, 1.165) is 78.5 Å². The summed E-state index contributed by atoms with van der Waals surface area (Å²) in [4.78, 5) is 27.6. The Morgan fingerprint density at radius 1 is 0.146 bits per heavy atom. The number of benzene rings is 12. The van der Waals surface area contributed by atoms with Crippen LogP contribution in [0.2, 0.25) is 0 Å². The number of pyridine rings is 6. The Labute approximate surface area is 555 Å². The smallest absolute Gasteiger partial charge is 0.0899 e. The van der Waals surface area contributed by atoms with Crippen LogP contribution in [0.3, 0.4) is 0 Å². The highest BCUT2D eigenvalue weighted by Gasteiger charge is 2.16. The van der Waals surface area contributed by atoms with Crippen LogP contribution in [0, 0.1) is 0 Å². The Hall–Kier alpha value is -12.9. The lowest BCUT2D eigenvalue weighted by Crippen LogP contribution is -1.93. The van der Waals surface area contributed by atoms with E-state index < -0.39 is 0 Å². The summed E-state index contributed by atoms with van der Waals surface area (Å²) < 4.78 is 0. The van der Waals surface area contributed by atoms with Gasteiger partial charge in [-0.1, -0.05) is 200 Å². The highest BCUT2D eigenvalue weighted by molar-refractivity contribution is 6.27. The summed E-state index contributed by atoms with van der Waals surface area (Å²) in [5.41, 5.74) is 21.1. The Kier molecular flexibility index (Phi) is 14.8. The van der Waals surface area contributed by atoms with E-state index in [4.69, 9.17) is 9.97 Å². The first-order valence-electron chi connectivity index (χ1n) is 32.3. The van der Waals surface area contributed by atoms with E-state index in [1.165, 1.54) is 98.0 Å². The van der Waals surface area contributed by atoms with E-state index in [2.05, 4.69) is 275 Å². The van der Waals surface area contributed by atoms with Crippen molar-refractivity contribution in [1.29, 1.82) is 0 Å². The predicted molar refractivity (Wildman–Crippen MR) is 399 cm³/mol. The highest BCUT2D eigenvalue weighted by Crippen LogP contribution is 2.42. The van der Waals surface area contributed by atoms with Gasteiger partial charge in [-0.3, -0.25) is 19.9 Å². The summed E-state index contributed by atoms with van der Waals surface area (Å²) in [6, 6.07) is 110. The van der Waals surface area contributed by atoms with Gasteiger partial charge in [-0.05, 0) is 241 Å². The molecular formula is C90H58N6. The third-order valence-corrected chi connectivity index (χ3v) is 18.4. The molecule has 12 aromatic carbocycles. The number of fused-ring (bicyclic) bond motifs is 12. The fourth-order valence-corrected chi connectivity index (χ4v) is 13.7. The van der Waals surface area contributed by atoms with Gasteiger partial charge in [0, 0.05) is 60.1 Å². The Morgan fingerprint density at radius 2 is 0.417 bits per heavy atom. The molecule has 0 aliphatic carbocycles. The molecule has 0 atom stereocenters. The summed E-state index contributed by atoms with van der Waals surface area (Å²) in [5, 5.41) is 15.4. The standard InChI is InChI=1S/2C45H29N3/c1-2-17-40-38(15-1)39-16-3-4-18-41(39)43-25-34(19-20-42(40)43)32-11-5-9-30(23-32)31-10-6-12-33(24-31)37-26-44(35-13-7-21-46-28-35)48-45(27-37)36-14-8-22-47-29-36;1-2-17-39-37(15-1)38-16-3-4-18-40(38)42-26-34(20-21-41(39)42)32-12-7-10-30(24-32)31-11-8-13-33(25-31)36-27-44(35-14-9-22-46-29-35)48-45(28-36)43-19-5-6-23-47-43/h2*1-29H. The third-order valence-electron chi connectivity index (χ3n) is 18.4. The summed E-state index contributed by atoms with van der Waals surface area (Å²) in [7, 11) is 0. The Morgan fingerprint density at radius 3 is 0.729 bits per heavy atom. The number of nitrogens with zero attached hydrogens (tertiary/aromatic N) is 6. The zero-order chi connectivity index (χ0) is 63.7. The van der Waals surface area contributed by atoms with Crippen molar-refractivity contribution >= 4 is 64.6 Å². The molecule has 0 spiro atoms. The van der Waals surface area contributed by atoms with Gasteiger partial charge in [0.1, 0.15) is 0 Å². The van der Waals surface area contributed by atoms with Crippen molar-refractivity contribution in [3.05, 3.63) is 353 Å². The zero-order valence-electron chi connectivity index (χ0n) is 52.2. The number of hydrogen-bond acceptors (Lipinski definition) is 6. The van der Waals surface area contributed by atoms with Gasteiger partial charge in [0.2, 0.25) is 0 Å². The monoisotopic (exact) mass is 1220 g/mol. The minimum Gasteiger partial charge on any atom is -0.264 e. The van der Waals surface area contributed by atoms with Crippen LogP contribution in [0.5, 0.6) is 0 Å². The van der Waals surface area contributed by atoms with Gasteiger partial charge in [-0.2, -0.15) is 0 Å². The highest BCUT2D eigenvalue weighted by atomic mass is 14.8. The zero-order valence-corrected chi connectivity index (χ0v) is 52.2. The molecule has 0 saturated carbocycles. The van der Waals surface area contributed by atoms with Gasteiger partial charge in [0.15, 0.2) is 0 Å². The quantitative estimate of drug-likeness (QED) is 0.127. The minimum atomic E-state index is 0.830. The Bertz CT molecular complexity index is 5400. The first-order chi connectivity index (χ1) is 47.6. The van der Waals surface area contributed by atoms with Crippen LogP contribution in [0.25, 0.3) is 177 Å². The van der Waals surface area contributed by atoms with Gasteiger partial charge in [0.05, 0.1) is 28.5 Å². The van der Waals surface area contributed by atoms with E-state index in [9.17, 15) is 0 Å². The molecule has 18 aromatic rings. The first-order valence-corrected chi connectivity index (χ1v) is 32.3. The van der Waals surface area contributed by atoms with Gasteiger partial charge in [-0.15, -0.1) is 0 Å². The van der Waals surface area contributed by atoms with Gasteiger partial charge in [-0.25, -0.2) is 9.97 Å². The largest absolute Gasteiger partial charge is 0.264 e. The topological polar surface area (TPSA) is 77.3 Å². The van der Waals surface area contributed by atoms with Crippen molar-refractivity contribution in [2.75, 3.05) is 0 Å². The van der Waals surface area contributed by atoms with Crippen LogP contribution in [0.15, 0.2) is 353 Å². The normalized spacial score (nSPS) is 11.3. The second-order valence-electron chi connectivity index (χ2n) is 24.2. The van der Waals surface area contributed by atoms with Crippen LogP contribution in [0.1, 0.15) is 0 Å². The van der Waals surface area contributed by atoms with E-state index >= 15 is 0 Å². The van der Waals surface area contributed by atoms with Gasteiger partial charge in [0.25, 0.3) is 0 Å². The molecule has 6 aromatic heterocycles. The molecule has 0 N–H and O–H groups in total. The van der Waals surface area contributed by atoms with Crippen LogP contribution in [-0.2, 0) is 0 Å². The summed E-state index contributed by atoms with van der Waals surface area (Å²) in [6.07, 6.45) is 12.7. The van der Waals surface area contributed by atoms with Crippen LogP contribution < -0.4 is 0 Å². The second kappa shape index (κ2) is 25.0. The molecule has 6 nitrogen and oxygen atoms in total. The fraction of sp³-hybridized carbons (Fsp3) is 0. The molecule has 448 valence electrons. The van der Waals surface area contributed by atoms with Gasteiger partial charge < -0.3 is 0 Å². The van der Waals surface area contributed by atoms with Crippen molar-refractivity contribution < 1.29 is 0 Å². The molecule has 0 unspecified atom stereocenters.